The number of carboxylic acids is 1. The van der Waals surface area contributed by atoms with Crippen LogP contribution in [-0.2, 0) is 0 Å². The van der Waals surface area contributed by atoms with Gasteiger partial charge in [0.2, 0.25) is 0 Å². The van der Waals surface area contributed by atoms with E-state index in [0.717, 1.165) is 16.9 Å². The number of thiazole rings is 1. The van der Waals surface area contributed by atoms with E-state index in [4.69, 9.17) is 14.6 Å². The summed E-state index contributed by atoms with van der Waals surface area (Å²) in [7, 11) is 1.59. The van der Waals surface area contributed by atoms with E-state index in [1.165, 1.54) is 6.20 Å². The molecule has 1 N–H and O–H groups in total. The van der Waals surface area contributed by atoms with E-state index in [-0.39, 0.29) is 4.88 Å². The molecule has 5 nitrogen and oxygen atoms in total. The molecule has 0 aliphatic carbocycles. The van der Waals surface area contributed by atoms with Crippen molar-refractivity contribution in [1.29, 1.82) is 0 Å². The summed E-state index contributed by atoms with van der Waals surface area (Å²) in [6, 6.07) is 5.59. The van der Waals surface area contributed by atoms with E-state index in [9.17, 15) is 4.79 Å². The summed E-state index contributed by atoms with van der Waals surface area (Å²) >= 11 is 1.13. The minimum atomic E-state index is -0.963. The second kappa shape index (κ2) is 6.90. The Morgan fingerprint density at radius 2 is 2.19 bits per heavy atom. The minimum Gasteiger partial charge on any atom is -0.493 e. The average molecular weight is 305 g/mol. The summed E-state index contributed by atoms with van der Waals surface area (Å²) in [6.45, 7) is 2.46. The Morgan fingerprint density at radius 1 is 1.38 bits per heavy atom. The van der Waals surface area contributed by atoms with Crippen LogP contribution in [0.1, 0.15) is 27.2 Å². The van der Waals surface area contributed by atoms with Gasteiger partial charge in [0.1, 0.15) is 9.88 Å². The SMILES string of the molecule is CCOc1cc(/C=C\c2ncc(C(=O)O)s2)ccc1OC. The molecule has 2 rings (SSSR count). The monoisotopic (exact) mass is 305 g/mol. The number of hydrogen-bond acceptors (Lipinski definition) is 5. The zero-order valence-corrected chi connectivity index (χ0v) is 12.5. The topological polar surface area (TPSA) is 68.7 Å². The van der Waals surface area contributed by atoms with Gasteiger partial charge >= 0.3 is 5.97 Å². The fourth-order valence-corrected chi connectivity index (χ4v) is 2.36. The standard InChI is InChI=1S/C15H15NO4S/c1-3-20-12-8-10(4-6-11(12)19-2)5-7-14-16-9-13(21-14)15(17)18/h4-9H,3H2,1-2H3,(H,17,18)/b7-5-. The lowest BCUT2D eigenvalue weighted by Gasteiger charge is -2.09. The van der Waals surface area contributed by atoms with Crippen LogP contribution in [0.3, 0.4) is 0 Å². The number of aromatic carboxylic acids is 1. The fraction of sp³-hybridized carbons (Fsp3) is 0.200. The highest BCUT2D eigenvalue weighted by molar-refractivity contribution is 7.14. The van der Waals surface area contributed by atoms with Gasteiger partial charge in [0.25, 0.3) is 0 Å². The van der Waals surface area contributed by atoms with E-state index in [1.807, 2.05) is 31.2 Å². The second-order valence-electron chi connectivity index (χ2n) is 4.04. The first-order chi connectivity index (χ1) is 10.1. The quantitative estimate of drug-likeness (QED) is 0.885. The third kappa shape index (κ3) is 3.82. The molecule has 0 unspecified atom stereocenters. The molecule has 0 spiro atoms. The maximum atomic E-state index is 10.8. The first kappa shape index (κ1) is 15.1. The van der Waals surface area contributed by atoms with Gasteiger partial charge in [-0.3, -0.25) is 0 Å². The van der Waals surface area contributed by atoms with Crippen LogP contribution in [0.25, 0.3) is 12.2 Å². The van der Waals surface area contributed by atoms with Crippen molar-refractivity contribution >= 4 is 29.5 Å². The van der Waals surface area contributed by atoms with Crippen LogP contribution < -0.4 is 9.47 Å². The van der Waals surface area contributed by atoms with Gasteiger partial charge in [0.05, 0.1) is 19.9 Å². The van der Waals surface area contributed by atoms with Crippen LogP contribution in [0.2, 0.25) is 0 Å². The maximum Gasteiger partial charge on any atom is 0.347 e. The zero-order chi connectivity index (χ0) is 15.2. The summed E-state index contributed by atoms with van der Waals surface area (Å²) in [6.07, 6.45) is 4.98. The molecule has 110 valence electrons. The summed E-state index contributed by atoms with van der Waals surface area (Å²) < 4.78 is 10.7. The molecule has 21 heavy (non-hydrogen) atoms. The van der Waals surface area contributed by atoms with Gasteiger partial charge in [-0.25, -0.2) is 9.78 Å². The van der Waals surface area contributed by atoms with Crippen molar-refractivity contribution in [3.05, 3.63) is 39.8 Å². The lowest BCUT2D eigenvalue weighted by Crippen LogP contribution is -1.95. The van der Waals surface area contributed by atoms with E-state index in [0.29, 0.717) is 23.1 Å². The maximum absolute atomic E-state index is 10.8. The lowest BCUT2D eigenvalue weighted by molar-refractivity contribution is 0.0702. The van der Waals surface area contributed by atoms with Gasteiger partial charge in [-0.05, 0) is 30.7 Å². The van der Waals surface area contributed by atoms with Crippen molar-refractivity contribution < 1.29 is 19.4 Å². The molecule has 2 aromatic rings. The molecule has 1 aromatic carbocycles. The van der Waals surface area contributed by atoms with E-state index >= 15 is 0 Å². The Morgan fingerprint density at radius 3 is 2.81 bits per heavy atom. The molecule has 6 heteroatoms. The number of ether oxygens (including phenoxy) is 2. The lowest BCUT2D eigenvalue weighted by atomic mass is 10.2. The molecule has 1 heterocycles. The highest BCUT2D eigenvalue weighted by Gasteiger charge is 2.07. The number of rotatable bonds is 6. The first-order valence-corrected chi connectivity index (χ1v) is 7.13. The third-order valence-electron chi connectivity index (χ3n) is 2.64. The number of nitrogens with zero attached hydrogens (tertiary/aromatic N) is 1. The molecular formula is C15H15NO4S. The summed E-state index contributed by atoms with van der Waals surface area (Å²) in [5, 5.41) is 9.49. The van der Waals surface area contributed by atoms with Crippen LogP contribution in [0, 0.1) is 0 Å². The summed E-state index contributed by atoms with van der Waals surface area (Å²) in [5.41, 5.74) is 0.923. The molecule has 0 amide bonds. The Bertz CT molecular complexity index is 663. The van der Waals surface area contributed by atoms with Crippen molar-refractivity contribution in [3.63, 3.8) is 0 Å². The van der Waals surface area contributed by atoms with Crippen LogP contribution in [0.5, 0.6) is 11.5 Å². The van der Waals surface area contributed by atoms with Gasteiger partial charge in [0.15, 0.2) is 11.5 Å². The predicted octanol–water partition coefficient (Wildman–Crippen LogP) is 3.42. The molecule has 0 fully saturated rings. The molecule has 0 saturated heterocycles. The molecular weight excluding hydrogens is 290 g/mol. The number of methoxy groups -OCH3 is 1. The highest BCUT2D eigenvalue weighted by Crippen LogP contribution is 2.29. The number of hydrogen-bond donors (Lipinski definition) is 1. The van der Waals surface area contributed by atoms with Crippen LogP contribution in [0.4, 0.5) is 0 Å². The molecule has 0 radical (unpaired) electrons. The van der Waals surface area contributed by atoms with Crippen molar-refractivity contribution in [3.8, 4) is 11.5 Å². The Hall–Kier alpha value is -2.34. The van der Waals surface area contributed by atoms with Gasteiger partial charge in [-0.1, -0.05) is 12.1 Å². The van der Waals surface area contributed by atoms with Crippen molar-refractivity contribution in [2.75, 3.05) is 13.7 Å². The average Bonchev–Trinajstić information content (AvgIpc) is 2.95. The number of benzene rings is 1. The van der Waals surface area contributed by atoms with E-state index in [2.05, 4.69) is 4.98 Å². The van der Waals surface area contributed by atoms with E-state index in [1.54, 1.807) is 13.2 Å². The first-order valence-electron chi connectivity index (χ1n) is 6.32. The predicted molar refractivity (Wildman–Crippen MR) is 82.2 cm³/mol. The molecule has 0 atom stereocenters. The summed E-state index contributed by atoms with van der Waals surface area (Å²) in [5.74, 6) is 0.388. The zero-order valence-electron chi connectivity index (χ0n) is 11.7. The minimum absolute atomic E-state index is 0.222. The van der Waals surface area contributed by atoms with Gasteiger partial charge in [-0.2, -0.15) is 0 Å². The Labute approximate surface area is 126 Å². The van der Waals surface area contributed by atoms with Crippen LogP contribution in [0.15, 0.2) is 24.4 Å². The fourth-order valence-electron chi connectivity index (χ4n) is 1.70. The van der Waals surface area contributed by atoms with Crippen LogP contribution >= 0.6 is 11.3 Å². The van der Waals surface area contributed by atoms with Gasteiger partial charge < -0.3 is 14.6 Å². The van der Waals surface area contributed by atoms with E-state index < -0.39 is 5.97 Å². The Balaban J connectivity index is 2.19. The van der Waals surface area contributed by atoms with Gasteiger partial charge in [-0.15, -0.1) is 11.3 Å². The van der Waals surface area contributed by atoms with Crippen molar-refractivity contribution in [2.24, 2.45) is 0 Å². The molecule has 0 bridgehead atoms. The van der Waals surface area contributed by atoms with Gasteiger partial charge in [0, 0.05) is 0 Å². The second-order valence-corrected chi connectivity index (χ2v) is 5.11. The number of carbonyl (C=O) groups is 1. The summed E-state index contributed by atoms with van der Waals surface area (Å²) in [4.78, 5) is 15.1. The molecule has 0 aliphatic rings. The molecule has 0 aliphatic heterocycles. The van der Waals surface area contributed by atoms with Crippen molar-refractivity contribution in [2.45, 2.75) is 6.92 Å². The number of aromatic nitrogens is 1. The normalized spacial score (nSPS) is 10.8. The largest absolute Gasteiger partial charge is 0.493 e. The number of carboxylic acid groups (broad SMARTS) is 1. The molecule has 0 saturated carbocycles. The third-order valence-corrected chi connectivity index (χ3v) is 3.59. The van der Waals surface area contributed by atoms with Crippen LogP contribution in [-0.4, -0.2) is 29.8 Å². The smallest absolute Gasteiger partial charge is 0.347 e. The van der Waals surface area contributed by atoms with Crippen molar-refractivity contribution in [1.82, 2.24) is 4.98 Å². The Kier molecular flexibility index (Phi) is 4.94. The highest BCUT2D eigenvalue weighted by atomic mass is 32.1. The molecule has 1 aromatic heterocycles.